The zero-order chi connectivity index (χ0) is 22.2. The first-order chi connectivity index (χ1) is 14.8. The maximum Gasteiger partial charge on any atom is 0.283 e. The normalized spacial score (nSPS) is 26.1. The Kier molecular flexibility index (Phi) is 6.24. The van der Waals surface area contributed by atoms with Crippen molar-refractivity contribution in [1.29, 1.82) is 0 Å². The molecule has 6 nitrogen and oxygen atoms in total. The van der Waals surface area contributed by atoms with Gasteiger partial charge >= 0.3 is 0 Å². The van der Waals surface area contributed by atoms with Crippen molar-refractivity contribution in [2.24, 2.45) is 23.2 Å². The first kappa shape index (κ1) is 22.1. The van der Waals surface area contributed by atoms with Gasteiger partial charge in [-0.25, -0.2) is 4.68 Å². The van der Waals surface area contributed by atoms with Crippen molar-refractivity contribution in [2.45, 2.75) is 52.6 Å². The molecule has 1 aromatic carbocycles. The average molecular weight is 487 g/mol. The maximum absolute atomic E-state index is 12.8. The smallest absolute Gasteiger partial charge is 0.283 e. The van der Waals surface area contributed by atoms with Gasteiger partial charge in [0.2, 0.25) is 5.91 Å². The molecule has 5 rings (SSSR count). The Bertz CT molecular complexity index is 1000. The Morgan fingerprint density at radius 3 is 2.68 bits per heavy atom. The van der Waals surface area contributed by atoms with Crippen LogP contribution in [0.4, 0.5) is 5.69 Å². The van der Waals surface area contributed by atoms with Crippen molar-refractivity contribution in [3.05, 3.63) is 56.9 Å². The van der Waals surface area contributed by atoms with Gasteiger partial charge in [-0.15, -0.1) is 0 Å². The molecule has 0 radical (unpaired) electrons. The lowest BCUT2D eigenvalue weighted by Gasteiger charge is -2.62. The second-order valence-electron chi connectivity index (χ2n) is 9.63. The molecule has 3 aliphatic rings. The Hall–Kier alpha value is -2.15. The van der Waals surface area contributed by atoms with Gasteiger partial charge in [0.25, 0.3) is 5.56 Å². The van der Waals surface area contributed by atoms with E-state index in [4.69, 9.17) is 0 Å². The van der Waals surface area contributed by atoms with Crippen molar-refractivity contribution >= 4 is 27.5 Å². The molecule has 2 N–H and O–H groups in total. The fraction of sp³-hybridized carbons (Fsp3) is 0.542. The third-order valence-corrected chi connectivity index (χ3v) is 8.32. The van der Waals surface area contributed by atoms with Crippen LogP contribution in [0.3, 0.4) is 0 Å². The second kappa shape index (κ2) is 8.77. The van der Waals surface area contributed by atoms with Gasteiger partial charge in [-0.1, -0.05) is 51.1 Å². The summed E-state index contributed by atoms with van der Waals surface area (Å²) in [6, 6.07) is 10.3. The van der Waals surface area contributed by atoms with Gasteiger partial charge in [-0.2, -0.15) is 5.10 Å². The van der Waals surface area contributed by atoms with E-state index >= 15 is 0 Å². The lowest BCUT2D eigenvalue weighted by Crippen LogP contribution is -2.58. The van der Waals surface area contributed by atoms with Crippen LogP contribution in [0.25, 0.3) is 0 Å². The van der Waals surface area contributed by atoms with Crippen LogP contribution in [-0.2, 0) is 17.8 Å². The molecule has 0 spiro atoms. The molecule has 2 bridgehead atoms. The molecule has 3 aliphatic carbocycles. The molecule has 0 aliphatic heterocycles. The number of aromatic nitrogens is 2. The van der Waals surface area contributed by atoms with E-state index in [0.29, 0.717) is 34.1 Å². The number of amides is 1. The van der Waals surface area contributed by atoms with Crippen LogP contribution in [0.1, 0.15) is 39.2 Å². The molecular formula is C24H31BrN4O2. The summed E-state index contributed by atoms with van der Waals surface area (Å²) in [6.45, 7) is 7.49. The molecule has 1 amide bonds. The van der Waals surface area contributed by atoms with Crippen LogP contribution < -0.4 is 16.2 Å². The summed E-state index contributed by atoms with van der Waals surface area (Å²) in [5.41, 5.74) is 2.00. The second-order valence-corrected chi connectivity index (χ2v) is 10.4. The third-order valence-electron chi connectivity index (χ3n) is 7.55. The molecule has 0 unspecified atom stereocenters. The maximum atomic E-state index is 12.8. The number of benzene rings is 1. The minimum absolute atomic E-state index is 0.0926. The van der Waals surface area contributed by atoms with Crippen LogP contribution in [-0.4, -0.2) is 28.3 Å². The number of fused-ring (bicyclic) bond motifs is 2. The molecule has 1 heterocycles. The summed E-state index contributed by atoms with van der Waals surface area (Å²) in [7, 11) is 0. The van der Waals surface area contributed by atoms with E-state index in [1.807, 2.05) is 30.3 Å². The highest BCUT2D eigenvalue weighted by Gasteiger charge is 2.56. The molecule has 2 aromatic rings. The van der Waals surface area contributed by atoms with Gasteiger partial charge in [0, 0.05) is 12.6 Å². The number of hydrogen-bond donors (Lipinski definition) is 2. The van der Waals surface area contributed by atoms with Crippen LogP contribution in [0.15, 0.2) is 45.8 Å². The SMILES string of the molecule is C[C@@H]1[C@H]2C[C@@H](C[C@H]1Nc1cnn(CC(=O)NCCc3ccccc3)c(=O)c1Br)C2(C)C. The molecule has 4 atom stereocenters. The van der Waals surface area contributed by atoms with Crippen molar-refractivity contribution in [1.82, 2.24) is 15.1 Å². The Morgan fingerprint density at radius 2 is 2.00 bits per heavy atom. The summed E-state index contributed by atoms with van der Waals surface area (Å²) < 4.78 is 1.64. The summed E-state index contributed by atoms with van der Waals surface area (Å²) in [6.07, 6.45) is 4.83. The number of halogens is 1. The van der Waals surface area contributed by atoms with Crippen LogP contribution in [0.2, 0.25) is 0 Å². The van der Waals surface area contributed by atoms with Crippen molar-refractivity contribution in [3.63, 3.8) is 0 Å². The van der Waals surface area contributed by atoms with Gasteiger partial charge in [0.1, 0.15) is 11.0 Å². The first-order valence-electron chi connectivity index (χ1n) is 11.1. The lowest BCUT2D eigenvalue weighted by molar-refractivity contribution is -0.121. The highest BCUT2D eigenvalue weighted by molar-refractivity contribution is 9.10. The first-order valence-corrected chi connectivity index (χ1v) is 11.9. The predicted octanol–water partition coefficient (Wildman–Crippen LogP) is 3.85. The number of nitrogens with one attached hydrogen (secondary N) is 2. The topological polar surface area (TPSA) is 76.0 Å². The highest BCUT2D eigenvalue weighted by atomic mass is 79.9. The van der Waals surface area contributed by atoms with E-state index in [9.17, 15) is 9.59 Å². The number of rotatable bonds is 7. The summed E-state index contributed by atoms with van der Waals surface area (Å²) in [4.78, 5) is 25.0. The number of carbonyl (C=O) groups is 1. The van der Waals surface area contributed by atoms with Crippen LogP contribution in [0, 0.1) is 23.2 Å². The molecule has 3 saturated carbocycles. The summed E-state index contributed by atoms with van der Waals surface area (Å²) in [5.74, 6) is 1.78. The van der Waals surface area contributed by atoms with Gasteiger partial charge in [0.05, 0.1) is 11.9 Å². The number of hydrogen-bond acceptors (Lipinski definition) is 4. The van der Waals surface area contributed by atoms with Gasteiger partial charge in [-0.05, 0) is 63.9 Å². The van der Waals surface area contributed by atoms with E-state index in [1.54, 1.807) is 6.20 Å². The Labute approximate surface area is 191 Å². The minimum atomic E-state index is -0.294. The van der Waals surface area contributed by atoms with Crippen molar-refractivity contribution in [3.8, 4) is 0 Å². The zero-order valence-electron chi connectivity index (χ0n) is 18.4. The van der Waals surface area contributed by atoms with E-state index in [2.05, 4.69) is 52.4 Å². The highest BCUT2D eigenvalue weighted by Crippen LogP contribution is 2.61. The molecule has 0 saturated heterocycles. The third kappa shape index (κ3) is 4.43. The zero-order valence-corrected chi connectivity index (χ0v) is 20.0. The quantitative estimate of drug-likeness (QED) is 0.622. The van der Waals surface area contributed by atoms with E-state index in [1.165, 1.54) is 11.1 Å². The van der Waals surface area contributed by atoms with Crippen LogP contribution >= 0.6 is 15.9 Å². The number of anilines is 1. The minimum Gasteiger partial charge on any atom is -0.380 e. The van der Waals surface area contributed by atoms with Crippen LogP contribution in [0.5, 0.6) is 0 Å². The standard InChI is InChI=1S/C24H31BrN4O2/c1-15-18-11-17(24(18,2)3)12-19(15)28-20-13-27-29(23(31)22(20)25)14-21(30)26-10-9-16-7-5-4-6-8-16/h4-8,13,15,17-19,28H,9-12,14H2,1-3H3,(H,26,30)/t15-,17+,18-,19-/m1/s1. The van der Waals surface area contributed by atoms with E-state index in [-0.39, 0.29) is 18.0 Å². The Balaban J connectivity index is 1.34. The molecule has 3 fully saturated rings. The molecule has 31 heavy (non-hydrogen) atoms. The van der Waals surface area contributed by atoms with Gasteiger partial charge in [-0.3, -0.25) is 9.59 Å². The van der Waals surface area contributed by atoms with Gasteiger partial charge < -0.3 is 10.6 Å². The largest absolute Gasteiger partial charge is 0.380 e. The van der Waals surface area contributed by atoms with E-state index < -0.39 is 0 Å². The molecule has 1 aromatic heterocycles. The average Bonchev–Trinajstić information content (AvgIpc) is 2.75. The molecule has 166 valence electrons. The number of nitrogens with zero attached hydrogens (tertiary/aromatic N) is 2. The molecule has 7 heteroatoms. The summed E-state index contributed by atoms with van der Waals surface area (Å²) in [5, 5.41) is 10.7. The van der Waals surface area contributed by atoms with E-state index in [0.717, 1.165) is 30.2 Å². The van der Waals surface area contributed by atoms with Crippen molar-refractivity contribution in [2.75, 3.05) is 11.9 Å². The molecular weight excluding hydrogens is 456 g/mol. The Morgan fingerprint density at radius 1 is 1.26 bits per heavy atom. The van der Waals surface area contributed by atoms with Crippen molar-refractivity contribution < 1.29 is 4.79 Å². The fourth-order valence-corrected chi connectivity index (χ4v) is 5.82. The lowest BCUT2D eigenvalue weighted by atomic mass is 9.45. The monoisotopic (exact) mass is 486 g/mol. The fourth-order valence-electron chi connectivity index (χ4n) is 5.40. The van der Waals surface area contributed by atoms with Gasteiger partial charge in [0.15, 0.2) is 0 Å². The number of carbonyl (C=O) groups excluding carboxylic acids is 1. The predicted molar refractivity (Wildman–Crippen MR) is 126 cm³/mol. The summed E-state index contributed by atoms with van der Waals surface area (Å²) >= 11 is 3.43.